The summed E-state index contributed by atoms with van der Waals surface area (Å²) in [7, 11) is 0. The van der Waals surface area contributed by atoms with Gasteiger partial charge in [0.1, 0.15) is 5.78 Å². The lowest BCUT2D eigenvalue weighted by Gasteiger charge is -2.22. The van der Waals surface area contributed by atoms with Gasteiger partial charge in [0.15, 0.2) is 0 Å². The molecule has 19 heavy (non-hydrogen) atoms. The Labute approximate surface area is 115 Å². The van der Waals surface area contributed by atoms with Crippen molar-refractivity contribution >= 4 is 5.78 Å². The fourth-order valence-corrected chi connectivity index (χ4v) is 3.65. The third-order valence-corrected chi connectivity index (χ3v) is 5.06. The van der Waals surface area contributed by atoms with Gasteiger partial charge >= 0.3 is 0 Å². The standard InChI is InChI=1S/C16H24N2O/c1-12-13(7-8-16(12)19)11-14-9-10-18(17-14)15-5-3-2-4-6-15/h9-10,12-13,15H,2-8,11H2,1H3. The van der Waals surface area contributed by atoms with Crippen LogP contribution in [0, 0.1) is 11.8 Å². The number of rotatable bonds is 3. The van der Waals surface area contributed by atoms with Gasteiger partial charge < -0.3 is 0 Å². The smallest absolute Gasteiger partial charge is 0.136 e. The Morgan fingerprint density at radius 2 is 2.05 bits per heavy atom. The summed E-state index contributed by atoms with van der Waals surface area (Å²) in [4.78, 5) is 11.6. The first-order valence-electron chi connectivity index (χ1n) is 7.81. The molecule has 0 spiro atoms. The minimum Gasteiger partial charge on any atom is -0.299 e. The first-order chi connectivity index (χ1) is 9.24. The van der Waals surface area contributed by atoms with Gasteiger partial charge in [-0.25, -0.2) is 0 Å². The lowest BCUT2D eigenvalue weighted by atomic mass is 9.93. The molecule has 2 aliphatic rings. The van der Waals surface area contributed by atoms with Gasteiger partial charge in [-0.2, -0.15) is 5.10 Å². The molecule has 0 saturated heterocycles. The second kappa shape index (κ2) is 5.48. The van der Waals surface area contributed by atoms with E-state index in [1.807, 2.05) is 0 Å². The van der Waals surface area contributed by atoms with E-state index in [2.05, 4.69) is 23.9 Å². The van der Waals surface area contributed by atoms with E-state index in [1.165, 1.54) is 37.8 Å². The number of carbonyl (C=O) groups is 1. The third kappa shape index (κ3) is 2.75. The Morgan fingerprint density at radius 1 is 1.26 bits per heavy atom. The molecule has 0 bridgehead atoms. The summed E-state index contributed by atoms with van der Waals surface area (Å²) >= 11 is 0. The lowest BCUT2D eigenvalue weighted by molar-refractivity contribution is -0.120. The Hall–Kier alpha value is -1.12. The zero-order chi connectivity index (χ0) is 13.2. The molecular weight excluding hydrogens is 236 g/mol. The summed E-state index contributed by atoms with van der Waals surface area (Å²) in [5.41, 5.74) is 1.18. The van der Waals surface area contributed by atoms with E-state index in [0.717, 1.165) is 19.3 Å². The summed E-state index contributed by atoms with van der Waals surface area (Å²) in [6.45, 7) is 2.08. The van der Waals surface area contributed by atoms with Crippen molar-refractivity contribution in [3.05, 3.63) is 18.0 Å². The molecule has 0 aromatic carbocycles. The first-order valence-corrected chi connectivity index (χ1v) is 7.81. The van der Waals surface area contributed by atoms with Crippen molar-refractivity contribution in [2.75, 3.05) is 0 Å². The zero-order valence-electron chi connectivity index (χ0n) is 11.8. The van der Waals surface area contributed by atoms with E-state index in [4.69, 9.17) is 5.10 Å². The van der Waals surface area contributed by atoms with Crippen LogP contribution in [-0.4, -0.2) is 15.6 Å². The molecule has 0 aliphatic heterocycles. The SMILES string of the molecule is CC1C(=O)CCC1Cc1ccn(C2CCCCC2)n1. The number of ketones is 1. The zero-order valence-corrected chi connectivity index (χ0v) is 11.8. The molecule has 2 aliphatic carbocycles. The van der Waals surface area contributed by atoms with Crippen molar-refractivity contribution in [3.63, 3.8) is 0 Å². The number of carbonyl (C=O) groups excluding carboxylic acids is 1. The predicted octanol–water partition coefficient (Wildman–Crippen LogP) is 3.55. The highest BCUT2D eigenvalue weighted by Gasteiger charge is 2.31. The van der Waals surface area contributed by atoms with Gasteiger partial charge in [-0.1, -0.05) is 26.2 Å². The number of Topliss-reactive ketones (excluding diaryl/α,β-unsaturated/α-hetero) is 1. The molecule has 0 amide bonds. The van der Waals surface area contributed by atoms with Crippen LogP contribution in [0.3, 0.4) is 0 Å². The summed E-state index contributed by atoms with van der Waals surface area (Å²) < 4.78 is 2.18. The Kier molecular flexibility index (Phi) is 3.72. The molecule has 2 unspecified atom stereocenters. The molecule has 3 heteroatoms. The van der Waals surface area contributed by atoms with E-state index in [0.29, 0.717) is 17.7 Å². The van der Waals surface area contributed by atoms with Gasteiger partial charge in [-0.05, 0) is 37.7 Å². The van der Waals surface area contributed by atoms with Crippen LogP contribution in [0.15, 0.2) is 12.3 Å². The van der Waals surface area contributed by atoms with Crippen molar-refractivity contribution < 1.29 is 4.79 Å². The molecule has 1 aromatic rings. The maximum atomic E-state index is 11.6. The topological polar surface area (TPSA) is 34.9 Å². The average molecular weight is 260 g/mol. The van der Waals surface area contributed by atoms with Gasteiger partial charge in [0.2, 0.25) is 0 Å². The second-order valence-corrected chi connectivity index (χ2v) is 6.34. The van der Waals surface area contributed by atoms with Gasteiger partial charge in [0.25, 0.3) is 0 Å². The molecular formula is C16H24N2O. The average Bonchev–Trinajstić information content (AvgIpc) is 3.02. The molecule has 1 heterocycles. The number of hydrogen-bond acceptors (Lipinski definition) is 2. The van der Waals surface area contributed by atoms with Crippen LogP contribution in [-0.2, 0) is 11.2 Å². The summed E-state index contributed by atoms with van der Waals surface area (Å²) in [6, 6.07) is 2.77. The maximum absolute atomic E-state index is 11.6. The van der Waals surface area contributed by atoms with E-state index in [9.17, 15) is 4.79 Å². The first kappa shape index (κ1) is 12.9. The fraction of sp³-hybridized carbons (Fsp3) is 0.750. The predicted molar refractivity (Wildman–Crippen MR) is 74.9 cm³/mol. The quantitative estimate of drug-likeness (QED) is 0.833. The van der Waals surface area contributed by atoms with Gasteiger partial charge in [-0.3, -0.25) is 9.48 Å². The van der Waals surface area contributed by atoms with Gasteiger partial charge in [-0.15, -0.1) is 0 Å². The normalized spacial score (nSPS) is 29.0. The van der Waals surface area contributed by atoms with Crippen molar-refractivity contribution in [2.24, 2.45) is 11.8 Å². The van der Waals surface area contributed by atoms with Crippen molar-refractivity contribution in [3.8, 4) is 0 Å². The number of hydrogen-bond donors (Lipinski definition) is 0. The summed E-state index contributed by atoms with van der Waals surface area (Å²) in [6.07, 6.45) is 11.6. The third-order valence-electron chi connectivity index (χ3n) is 5.06. The van der Waals surface area contributed by atoms with Crippen molar-refractivity contribution in [2.45, 2.75) is 64.3 Å². The fourth-order valence-electron chi connectivity index (χ4n) is 3.65. The number of nitrogens with zero attached hydrogens (tertiary/aromatic N) is 2. The van der Waals surface area contributed by atoms with Crippen LogP contribution >= 0.6 is 0 Å². The van der Waals surface area contributed by atoms with Crippen LogP contribution in [0.5, 0.6) is 0 Å². The van der Waals surface area contributed by atoms with Crippen LogP contribution in [0.2, 0.25) is 0 Å². The highest BCUT2D eigenvalue weighted by molar-refractivity contribution is 5.83. The molecule has 3 nitrogen and oxygen atoms in total. The maximum Gasteiger partial charge on any atom is 0.136 e. The lowest BCUT2D eigenvalue weighted by Crippen LogP contribution is -2.15. The Balaban J connectivity index is 1.63. The number of aromatic nitrogens is 2. The minimum atomic E-state index is 0.236. The highest BCUT2D eigenvalue weighted by atomic mass is 16.1. The molecule has 0 radical (unpaired) electrons. The molecule has 3 rings (SSSR count). The largest absolute Gasteiger partial charge is 0.299 e. The van der Waals surface area contributed by atoms with Crippen molar-refractivity contribution in [1.82, 2.24) is 9.78 Å². The minimum absolute atomic E-state index is 0.236. The van der Waals surface area contributed by atoms with Crippen LogP contribution in [0.1, 0.15) is 63.6 Å². The van der Waals surface area contributed by atoms with Crippen LogP contribution in [0.4, 0.5) is 0 Å². The van der Waals surface area contributed by atoms with Gasteiger partial charge in [0.05, 0.1) is 11.7 Å². The van der Waals surface area contributed by atoms with Crippen LogP contribution in [0.25, 0.3) is 0 Å². The highest BCUT2D eigenvalue weighted by Crippen LogP contribution is 2.32. The van der Waals surface area contributed by atoms with E-state index >= 15 is 0 Å². The molecule has 104 valence electrons. The Bertz CT molecular complexity index is 445. The molecule has 2 atom stereocenters. The molecule has 2 fully saturated rings. The van der Waals surface area contributed by atoms with Gasteiger partial charge in [0, 0.05) is 18.5 Å². The van der Waals surface area contributed by atoms with Crippen LogP contribution < -0.4 is 0 Å². The molecule has 2 saturated carbocycles. The van der Waals surface area contributed by atoms with E-state index in [-0.39, 0.29) is 5.92 Å². The summed E-state index contributed by atoms with van der Waals surface area (Å²) in [5.74, 6) is 1.19. The Morgan fingerprint density at radius 3 is 2.74 bits per heavy atom. The monoisotopic (exact) mass is 260 g/mol. The second-order valence-electron chi connectivity index (χ2n) is 6.34. The summed E-state index contributed by atoms with van der Waals surface area (Å²) in [5, 5.41) is 4.76. The van der Waals surface area contributed by atoms with Crippen molar-refractivity contribution in [1.29, 1.82) is 0 Å². The molecule has 1 aromatic heterocycles. The molecule has 0 N–H and O–H groups in total. The van der Waals surface area contributed by atoms with E-state index < -0.39 is 0 Å². The van der Waals surface area contributed by atoms with E-state index in [1.54, 1.807) is 0 Å².